The van der Waals surface area contributed by atoms with E-state index in [2.05, 4.69) is 21.3 Å². The van der Waals surface area contributed by atoms with E-state index in [-0.39, 0.29) is 87.4 Å². The van der Waals surface area contributed by atoms with Gasteiger partial charge in [-0.2, -0.15) is 0 Å². The topological polar surface area (TPSA) is 296 Å². The molecule has 2 atom stereocenters. The Bertz CT molecular complexity index is 2370. The molecule has 2 saturated heterocycles. The molecule has 4 fully saturated rings. The molecule has 2 aromatic carbocycles. The van der Waals surface area contributed by atoms with E-state index in [4.69, 9.17) is 20.3 Å². The van der Waals surface area contributed by atoms with E-state index in [9.17, 15) is 48.6 Å². The number of aryl methyl sites for hydroxylation is 2. The number of carbonyl (C=O) groups is 8. The van der Waals surface area contributed by atoms with Crippen molar-refractivity contribution in [3.05, 3.63) is 58.7 Å². The Morgan fingerprint density at radius 3 is 1.38 bits per heavy atom. The second kappa shape index (κ2) is 19.3. The molecule has 2 aromatic rings. The molecule has 6 aliphatic rings. The zero-order valence-electron chi connectivity index (χ0n) is 39.6. The average molecular weight is 966 g/mol. The maximum atomic E-state index is 13.3. The number of benzene rings is 2. The lowest BCUT2D eigenvalue weighted by Crippen LogP contribution is -2.71. The molecule has 20 heteroatoms. The van der Waals surface area contributed by atoms with Crippen molar-refractivity contribution in [1.82, 2.24) is 20.4 Å². The number of aliphatic carboxylic acids is 1. The number of anilines is 2. The van der Waals surface area contributed by atoms with Gasteiger partial charge in [-0.05, 0) is 65.0 Å². The first kappa shape index (κ1) is 55.5. The van der Waals surface area contributed by atoms with Crippen LogP contribution >= 0.6 is 0 Å². The highest BCUT2D eigenvalue weighted by atomic mass is 16.6. The van der Waals surface area contributed by atoms with Crippen LogP contribution in [0.15, 0.2) is 36.4 Å². The zero-order chi connectivity index (χ0) is 50.0. The highest BCUT2D eigenvalue weighted by Crippen LogP contribution is 2.60. The number of hydrogen-bond acceptors (Lipinski definition) is 13. The predicted molar refractivity (Wildman–Crippen MR) is 255 cm³/mol. The van der Waals surface area contributed by atoms with Gasteiger partial charge in [-0.15, -0.1) is 0 Å². The monoisotopic (exact) mass is 966 g/mol. The zero-order valence-corrected chi connectivity index (χ0v) is 39.6. The minimum absolute atomic E-state index is 0. The second-order valence-electron chi connectivity index (χ2n) is 20.6. The normalized spacial score (nSPS) is 27.5. The Morgan fingerprint density at radius 1 is 0.652 bits per heavy atom. The molecule has 20 nitrogen and oxygen atoms in total. The summed E-state index contributed by atoms with van der Waals surface area (Å²) >= 11 is 0. The fourth-order valence-electron chi connectivity index (χ4n) is 11.3. The highest BCUT2D eigenvalue weighted by Gasteiger charge is 2.63. The summed E-state index contributed by atoms with van der Waals surface area (Å²) in [7, 11) is 3.00. The number of urea groups is 2. The number of nitrogens with one attached hydrogen (secondary N) is 4. The van der Waals surface area contributed by atoms with Gasteiger partial charge in [-0.3, -0.25) is 19.2 Å². The number of imide groups is 2. The largest absolute Gasteiger partial charge is 0.480 e. The van der Waals surface area contributed by atoms with Crippen molar-refractivity contribution in [3.8, 4) is 0 Å². The number of carboxylic acid groups (broad SMARTS) is 1. The van der Waals surface area contributed by atoms with Gasteiger partial charge in [0.1, 0.15) is 6.54 Å². The standard InChI is InChI=1S/C24H31N3O6.C15H15N3O6.C8H17NO.2CH4/c1-22(2)17(23(3,4)18(22)29)11-15(28)12-27-19(30)24(33-21(27)32)9-8-13-10-14(6-7-16(13)24)26-20(31)25-5;1-16-13(22)17-9-2-3-10-8(6-9)4-5-15(10)12(21)18(7-11(19)20)14(23)24-15;1-7(2)5(9)8(3,4)6(7)10;;/h6-7,10,17-18,29H,8-9,11-12H2,1-5H3,(H2,25,26,31);2-3,6H,4-5,7H2,1H3,(H,19,20)(H2,16,17,22);5-6,10H,9H2,1-4H3;2*1H4/t17?,18?,24-;15-;;;/m11.../s1. The van der Waals surface area contributed by atoms with Crippen LogP contribution in [0.1, 0.15) is 112 Å². The molecule has 0 unspecified atom stereocenters. The molecule has 0 bridgehead atoms. The first-order chi connectivity index (χ1) is 31.0. The number of hydrogen-bond donors (Lipinski definition) is 8. The van der Waals surface area contributed by atoms with Crippen molar-refractivity contribution in [2.75, 3.05) is 37.8 Å². The fraction of sp³-hybridized carbons (Fsp3) is 0.592. The average Bonchev–Trinajstić information content (AvgIpc) is 3.96. The van der Waals surface area contributed by atoms with Crippen molar-refractivity contribution in [1.29, 1.82) is 0 Å². The van der Waals surface area contributed by atoms with Crippen LogP contribution < -0.4 is 27.0 Å². The SMILES string of the molecule is C.C.CC1(C)C(N)C(C)(C)C1O.CNC(=O)Nc1ccc2c(c1)CC[C@@]21OC(=O)N(CC(=O)CC2C(C)(C)C(O)C2(C)C)C1=O.CNC(=O)Nc1ccc2c(c1)CC[C@@]21OC(=O)N(CC(=O)O)C1=O. The van der Waals surface area contributed by atoms with Gasteiger partial charge in [0.05, 0.1) is 18.8 Å². The van der Waals surface area contributed by atoms with Gasteiger partial charge in [0.25, 0.3) is 11.8 Å². The molecule has 8 amide bonds. The van der Waals surface area contributed by atoms with Gasteiger partial charge in [-0.1, -0.05) is 82.4 Å². The van der Waals surface area contributed by atoms with E-state index in [1.807, 2.05) is 55.4 Å². The van der Waals surface area contributed by atoms with Crippen LogP contribution in [-0.4, -0.2) is 118 Å². The summed E-state index contributed by atoms with van der Waals surface area (Å²) in [5.41, 5.74) is 5.76. The lowest BCUT2D eigenvalue weighted by atomic mass is 9.45. The molecule has 8 rings (SSSR count). The quantitative estimate of drug-likeness (QED) is 0.168. The molecular weight excluding hydrogens is 895 g/mol. The third-order valence-corrected chi connectivity index (χ3v) is 15.0. The Kier molecular flexibility index (Phi) is 15.6. The fourth-order valence-corrected chi connectivity index (χ4v) is 11.3. The Labute approximate surface area is 403 Å². The minimum atomic E-state index is -1.46. The van der Waals surface area contributed by atoms with Crippen LogP contribution in [-0.2, 0) is 52.7 Å². The lowest BCUT2D eigenvalue weighted by molar-refractivity contribution is -0.213. The van der Waals surface area contributed by atoms with Gasteiger partial charge in [-0.25, -0.2) is 29.0 Å². The number of nitrogens with zero attached hydrogens (tertiary/aromatic N) is 2. The van der Waals surface area contributed by atoms with Crippen LogP contribution in [0.3, 0.4) is 0 Å². The van der Waals surface area contributed by atoms with Crippen LogP contribution in [0.25, 0.3) is 0 Å². The Morgan fingerprint density at radius 2 is 1.03 bits per heavy atom. The van der Waals surface area contributed by atoms with Crippen LogP contribution in [0.4, 0.5) is 30.6 Å². The van der Waals surface area contributed by atoms with Crippen molar-refractivity contribution < 1.29 is 63.1 Å². The van der Waals surface area contributed by atoms with E-state index in [1.54, 1.807) is 36.4 Å². The number of carboxylic acids is 1. The van der Waals surface area contributed by atoms with Crippen molar-refractivity contribution in [2.45, 2.75) is 132 Å². The number of rotatable bonds is 8. The number of carbonyl (C=O) groups excluding carboxylic acids is 7. The molecule has 9 N–H and O–H groups in total. The van der Waals surface area contributed by atoms with Gasteiger partial charge in [0, 0.05) is 72.7 Å². The summed E-state index contributed by atoms with van der Waals surface area (Å²) in [6, 6.07) is 9.41. The van der Waals surface area contributed by atoms with Gasteiger partial charge < -0.3 is 51.8 Å². The van der Waals surface area contributed by atoms with E-state index < -0.39 is 64.7 Å². The van der Waals surface area contributed by atoms with Crippen molar-refractivity contribution in [2.24, 2.45) is 33.3 Å². The number of amides is 8. The molecule has 2 heterocycles. The molecule has 0 aromatic heterocycles. The molecule has 2 saturated carbocycles. The summed E-state index contributed by atoms with van der Waals surface area (Å²) in [5, 5.41) is 39.0. The number of Topliss-reactive ketones (excluding diaryl/α,β-unsaturated/α-hetero) is 1. The summed E-state index contributed by atoms with van der Waals surface area (Å²) in [4.78, 5) is 98.6. The van der Waals surface area contributed by atoms with E-state index in [0.29, 0.717) is 40.2 Å². The maximum Gasteiger partial charge on any atom is 0.418 e. The first-order valence-corrected chi connectivity index (χ1v) is 22.2. The van der Waals surface area contributed by atoms with Gasteiger partial charge in [0.2, 0.25) is 11.2 Å². The third-order valence-electron chi connectivity index (χ3n) is 15.0. The van der Waals surface area contributed by atoms with Gasteiger partial charge in [0.15, 0.2) is 5.78 Å². The predicted octanol–water partition coefficient (Wildman–Crippen LogP) is 5.22. The minimum Gasteiger partial charge on any atom is -0.480 e. The van der Waals surface area contributed by atoms with Crippen LogP contribution in [0.2, 0.25) is 0 Å². The number of ketones is 1. The smallest absolute Gasteiger partial charge is 0.418 e. The van der Waals surface area contributed by atoms with E-state index in [1.165, 1.54) is 14.1 Å². The second-order valence-corrected chi connectivity index (χ2v) is 20.6. The molecule has 4 aliphatic carbocycles. The number of aliphatic hydroxyl groups is 2. The Hall–Kier alpha value is -6.12. The lowest BCUT2D eigenvalue weighted by Gasteiger charge is -2.62. The first-order valence-electron chi connectivity index (χ1n) is 22.2. The van der Waals surface area contributed by atoms with E-state index >= 15 is 0 Å². The number of ether oxygens (including phenoxy) is 2. The number of fused-ring (bicyclic) bond motifs is 4. The van der Waals surface area contributed by atoms with Crippen LogP contribution in [0, 0.1) is 27.6 Å². The Balaban J connectivity index is 0.000000252. The summed E-state index contributed by atoms with van der Waals surface area (Å²) in [5.74, 6) is -2.78. The van der Waals surface area contributed by atoms with Crippen molar-refractivity contribution in [3.63, 3.8) is 0 Å². The van der Waals surface area contributed by atoms with Crippen LogP contribution in [0.5, 0.6) is 0 Å². The summed E-state index contributed by atoms with van der Waals surface area (Å²) in [6.07, 6.45) is -0.879. The molecular formula is C49H71N7O13. The maximum absolute atomic E-state index is 13.3. The number of nitrogens with two attached hydrogens (primary N) is 1. The van der Waals surface area contributed by atoms with Crippen molar-refractivity contribution >= 4 is 59.2 Å². The molecule has 2 aliphatic heterocycles. The highest BCUT2D eigenvalue weighted by molar-refractivity contribution is 6.07. The molecule has 380 valence electrons. The van der Waals surface area contributed by atoms with Gasteiger partial charge >= 0.3 is 30.2 Å². The third kappa shape index (κ3) is 9.37. The van der Waals surface area contributed by atoms with E-state index in [0.717, 1.165) is 16.0 Å². The molecule has 69 heavy (non-hydrogen) atoms. The number of aliphatic hydroxyl groups excluding tert-OH is 2. The molecule has 2 spiro atoms. The summed E-state index contributed by atoms with van der Waals surface area (Å²) in [6.45, 7) is 14.7. The summed E-state index contributed by atoms with van der Waals surface area (Å²) < 4.78 is 10.9. The molecule has 0 radical (unpaired) electrons.